The highest BCUT2D eigenvalue weighted by Crippen LogP contribution is 2.14. The monoisotopic (exact) mass is 300 g/mol. The van der Waals surface area contributed by atoms with Crippen molar-refractivity contribution in [1.29, 1.82) is 0 Å². The van der Waals surface area contributed by atoms with Crippen molar-refractivity contribution >= 4 is 5.97 Å². The molecule has 0 bridgehead atoms. The Hall–Kier alpha value is -0.570. The molecule has 3 nitrogen and oxygen atoms in total. The van der Waals surface area contributed by atoms with Crippen LogP contribution in [-0.2, 0) is 9.53 Å². The molecule has 0 saturated heterocycles. The van der Waals surface area contributed by atoms with Gasteiger partial charge in [0, 0.05) is 0 Å². The van der Waals surface area contributed by atoms with Gasteiger partial charge in [0.1, 0.15) is 0 Å². The summed E-state index contributed by atoms with van der Waals surface area (Å²) in [4.78, 5) is 11.0. The minimum Gasteiger partial charge on any atom is -0.469 e. The summed E-state index contributed by atoms with van der Waals surface area (Å²) in [5, 5.41) is 9.61. The fraction of sp³-hybridized carbons (Fsp3) is 0.944. The molecule has 0 amide bonds. The summed E-state index contributed by atoms with van der Waals surface area (Å²) in [6.45, 7) is 4.59. The van der Waals surface area contributed by atoms with E-state index in [-0.39, 0.29) is 12.4 Å². The Morgan fingerprint density at radius 3 is 1.71 bits per heavy atom. The van der Waals surface area contributed by atoms with Gasteiger partial charge in [-0.2, -0.15) is 0 Å². The number of hydrogen-bond acceptors (Lipinski definition) is 3. The number of rotatable bonds is 14. The lowest BCUT2D eigenvalue weighted by Gasteiger charge is -2.08. The average Bonchev–Trinajstić information content (AvgIpc) is 2.44. The molecule has 0 saturated carbocycles. The van der Waals surface area contributed by atoms with Crippen LogP contribution in [-0.4, -0.2) is 24.3 Å². The smallest absolute Gasteiger partial charge is 0.308 e. The Morgan fingerprint density at radius 1 is 0.857 bits per heavy atom. The topological polar surface area (TPSA) is 46.5 Å². The summed E-state index contributed by atoms with van der Waals surface area (Å²) in [5.74, 6) is 0.527. The Labute approximate surface area is 131 Å². The largest absolute Gasteiger partial charge is 0.469 e. The van der Waals surface area contributed by atoms with Gasteiger partial charge in [-0.25, -0.2) is 0 Å². The molecule has 0 spiro atoms. The molecule has 0 fully saturated rings. The third kappa shape index (κ3) is 15.6. The SMILES string of the molecule is COC(=O)C[C@H](O)CCCCCCCCCCCC(C)C. The summed E-state index contributed by atoms with van der Waals surface area (Å²) in [5.41, 5.74) is 0. The van der Waals surface area contributed by atoms with Gasteiger partial charge in [0.15, 0.2) is 0 Å². The maximum atomic E-state index is 11.0. The molecule has 0 unspecified atom stereocenters. The zero-order valence-electron chi connectivity index (χ0n) is 14.4. The van der Waals surface area contributed by atoms with Crippen LogP contribution in [0.2, 0.25) is 0 Å². The molecule has 0 heterocycles. The van der Waals surface area contributed by atoms with Crippen molar-refractivity contribution in [3.8, 4) is 0 Å². The highest BCUT2D eigenvalue weighted by atomic mass is 16.5. The number of hydrogen-bond donors (Lipinski definition) is 1. The summed E-state index contributed by atoms with van der Waals surface area (Å²) in [6.07, 6.45) is 13.3. The van der Waals surface area contributed by atoms with E-state index in [2.05, 4.69) is 18.6 Å². The maximum Gasteiger partial charge on any atom is 0.308 e. The molecule has 0 aliphatic heterocycles. The minimum absolute atomic E-state index is 0.132. The first-order chi connectivity index (χ1) is 10.1. The Bertz CT molecular complexity index is 239. The van der Waals surface area contributed by atoms with Crippen LogP contribution < -0.4 is 0 Å². The van der Waals surface area contributed by atoms with Crippen LogP contribution in [0.5, 0.6) is 0 Å². The number of unbranched alkanes of at least 4 members (excludes halogenated alkanes) is 8. The predicted octanol–water partition coefficient (Wildman–Crippen LogP) is 4.86. The number of esters is 1. The molecule has 0 aromatic heterocycles. The van der Waals surface area contributed by atoms with E-state index in [1.807, 2.05) is 0 Å². The van der Waals surface area contributed by atoms with E-state index >= 15 is 0 Å². The van der Waals surface area contributed by atoms with Crippen LogP contribution in [0, 0.1) is 5.92 Å². The number of aliphatic hydroxyl groups excluding tert-OH is 1. The van der Waals surface area contributed by atoms with Gasteiger partial charge in [0.05, 0.1) is 19.6 Å². The molecule has 1 N–H and O–H groups in total. The molecular formula is C18H36O3. The minimum atomic E-state index is -0.529. The zero-order valence-corrected chi connectivity index (χ0v) is 14.4. The molecule has 0 aromatic carbocycles. The van der Waals surface area contributed by atoms with E-state index in [9.17, 15) is 9.90 Å². The number of aliphatic hydroxyl groups is 1. The second kappa shape index (κ2) is 14.4. The molecule has 0 aromatic rings. The van der Waals surface area contributed by atoms with E-state index in [4.69, 9.17) is 0 Å². The third-order valence-electron chi connectivity index (χ3n) is 3.95. The van der Waals surface area contributed by atoms with Gasteiger partial charge in [-0.1, -0.05) is 78.1 Å². The van der Waals surface area contributed by atoms with Crippen LogP contribution in [0.4, 0.5) is 0 Å². The highest BCUT2D eigenvalue weighted by molar-refractivity contribution is 5.69. The summed E-state index contributed by atoms with van der Waals surface area (Å²) < 4.78 is 4.53. The van der Waals surface area contributed by atoms with E-state index in [0.717, 1.165) is 18.8 Å². The summed E-state index contributed by atoms with van der Waals surface area (Å²) in [7, 11) is 1.36. The number of methoxy groups -OCH3 is 1. The van der Waals surface area contributed by atoms with Gasteiger partial charge in [-0.15, -0.1) is 0 Å². The lowest BCUT2D eigenvalue weighted by Crippen LogP contribution is -2.14. The van der Waals surface area contributed by atoms with Crippen LogP contribution in [0.15, 0.2) is 0 Å². The molecule has 21 heavy (non-hydrogen) atoms. The molecule has 0 radical (unpaired) electrons. The van der Waals surface area contributed by atoms with Crippen LogP contribution in [0.1, 0.15) is 90.9 Å². The first-order valence-electron chi connectivity index (χ1n) is 8.81. The lowest BCUT2D eigenvalue weighted by atomic mass is 10.0. The third-order valence-corrected chi connectivity index (χ3v) is 3.95. The molecule has 1 atom stereocenters. The summed E-state index contributed by atoms with van der Waals surface area (Å²) in [6, 6.07) is 0. The van der Waals surface area contributed by atoms with Gasteiger partial charge < -0.3 is 9.84 Å². The van der Waals surface area contributed by atoms with E-state index in [1.165, 1.54) is 58.5 Å². The normalized spacial score (nSPS) is 12.6. The number of ether oxygens (including phenoxy) is 1. The van der Waals surface area contributed by atoms with Gasteiger partial charge in [-0.3, -0.25) is 4.79 Å². The van der Waals surface area contributed by atoms with Gasteiger partial charge in [-0.05, 0) is 12.3 Å². The van der Waals surface area contributed by atoms with Crippen molar-refractivity contribution in [2.45, 2.75) is 97.0 Å². The van der Waals surface area contributed by atoms with Gasteiger partial charge >= 0.3 is 5.97 Å². The Balaban J connectivity index is 3.17. The molecular weight excluding hydrogens is 264 g/mol. The first-order valence-corrected chi connectivity index (χ1v) is 8.81. The second-order valence-electron chi connectivity index (χ2n) is 6.59. The van der Waals surface area contributed by atoms with Crippen molar-refractivity contribution in [2.24, 2.45) is 5.92 Å². The lowest BCUT2D eigenvalue weighted by molar-refractivity contribution is -0.142. The fourth-order valence-corrected chi connectivity index (χ4v) is 2.55. The van der Waals surface area contributed by atoms with Crippen LogP contribution >= 0.6 is 0 Å². The molecule has 3 heteroatoms. The number of carbonyl (C=O) groups excluding carboxylic acids is 1. The van der Waals surface area contributed by atoms with Crippen molar-refractivity contribution in [3.63, 3.8) is 0 Å². The van der Waals surface area contributed by atoms with Crippen LogP contribution in [0.25, 0.3) is 0 Å². The Morgan fingerprint density at radius 2 is 1.29 bits per heavy atom. The quantitative estimate of drug-likeness (QED) is 0.368. The Kier molecular flexibility index (Phi) is 14.0. The highest BCUT2D eigenvalue weighted by Gasteiger charge is 2.09. The first kappa shape index (κ1) is 20.4. The molecule has 126 valence electrons. The van der Waals surface area contributed by atoms with Crippen molar-refractivity contribution in [3.05, 3.63) is 0 Å². The average molecular weight is 300 g/mol. The van der Waals surface area contributed by atoms with Gasteiger partial charge in [0.2, 0.25) is 0 Å². The zero-order chi connectivity index (χ0) is 15.9. The van der Waals surface area contributed by atoms with Crippen molar-refractivity contribution in [1.82, 2.24) is 0 Å². The summed E-state index contributed by atoms with van der Waals surface area (Å²) >= 11 is 0. The maximum absolute atomic E-state index is 11.0. The predicted molar refractivity (Wildman–Crippen MR) is 88.3 cm³/mol. The van der Waals surface area contributed by atoms with E-state index < -0.39 is 6.10 Å². The van der Waals surface area contributed by atoms with Gasteiger partial charge in [0.25, 0.3) is 0 Å². The van der Waals surface area contributed by atoms with E-state index in [1.54, 1.807) is 0 Å². The molecule has 0 aliphatic carbocycles. The second-order valence-corrected chi connectivity index (χ2v) is 6.59. The molecule has 0 rings (SSSR count). The van der Waals surface area contributed by atoms with Crippen LogP contribution in [0.3, 0.4) is 0 Å². The standard InChI is InChI=1S/C18H36O3/c1-16(2)13-11-9-7-5-4-6-8-10-12-14-17(19)15-18(20)21-3/h16-17,19H,4-15H2,1-3H3/t17-/m1/s1. The number of carbonyl (C=O) groups is 1. The fourth-order valence-electron chi connectivity index (χ4n) is 2.55. The van der Waals surface area contributed by atoms with E-state index in [0.29, 0.717) is 6.42 Å². The van der Waals surface area contributed by atoms with Crippen molar-refractivity contribution in [2.75, 3.05) is 7.11 Å². The molecule has 0 aliphatic rings. The van der Waals surface area contributed by atoms with Crippen molar-refractivity contribution < 1.29 is 14.6 Å².